The molecular formula is C26H27N3O3S. The van der Waals surface area contributed by atoms with Crippen molar-refractivity contribution >= 4 is 17.7 Å². The molecule has 33 heavy (non-hydrogen) atoms. The topological polar surface area (TPSA) is 64.4 Å². The highest BCUT2D eigenvalue weighted by molar-refractivity contribution is 7.98. The molecule has 2 unspecified atom stereocenters. The number of methoxy groups -OCH3 is 1. The van der Waals surface area contributed by atoms with Crippen molar-refractivity contribution in [3.05, 3.63) is 86.8 Å². The number of amides is 1. The Kier molecular flexibility index (Phi) is 5.52. The number of carbonyl (C=O) groups is 1. The summed E-state index contributed by atoms with van der Waals surface area (Å²) < 4.78 is 7.48. The van der Waals surface area contributed by atoms with E-state index in [4.69, 9.17) is 4.74 Å². The zero-order valence-corrected chi connectivity index (χ0v) is 20.1. The number of carbonyl (C=O) groups excluding carboxylic acids is 1. The van der Waals surface area contributed by atoms with Gasteiger partial charge >= 0.3 is 0 Å². The monoisotopic (exact) mass is 461 g/mol. The van der Waals surface area contributed by atoms with Crippen LogP contribution >= 0.6 is 11.8 Å². The quantitative estimate of drug-likeness (QED) is 0.578. The van der Waals surface area contributed by atoms with Crippen molar-refractivity contribution in [2.45, 2.75) is 49.4 Å². The fourth-order valence-corrected chi connectivity index (χ4v) is 6.21. The molecule has 2 aliphatic rings. The number of fused-ring (bicyclic) bond motifs is 3. The predicted molar refractivity (Wildman–Crippen MR) is 129 cm³/mol. The zero-order chi connectivity index (χ0) is 23.3. The van der Waals surface area contributed by atoms with Gasteiger partial charge in [0.15, 0.2) is 0 Å². The number of thioether (sulfide) groups is 1. The lowest BCUT2D eigenvalue weighted by molar-refractivity contribution is 0.0577. The Morgan fingerprint density at radius 3 is 2.48 bits per heavy atom. The summed E-state index contributed by atoms with van der Waals surface area (Å²) in [5.41, 5.74) is 4.06. The zero-order valence-electron chi connectivity index (χ0n) is 19.2. The molecule has 0 saturated heterocycles. The van der Waals surface area contributed by atoms with Crippen LogP contribution in [0.5, 0.6) is 6.01 Å². The second kappa shape index (κ2) is 8.37. The van der Waals surface area contributed by atoms with Gasteiger partial charge in [0.1, 0.15) is 5.69 Å². The molecule has 2 atom stereocenters. The summed E-state index contributed by atoms with van der Waals surface area (Å²) in [4.78, 5) is 33.5. The first kappa shape index (κ1) is 21.8. The van der Waals surface area contributed by atoms with Crippen molar-refractivity contribution < 1.29 is 9.53 Å². The van der Waals surface area contributed by atoms with Gasteiger partial charge in [0.25, 0.3) is 17.5 Å². The van der Waals surface area contributed by atoms with Crippen LogP contribution in [-0.2, 0) is 5.75 Å². The van der Waals surface area contributed by atoms with Crippen molar-refractivity contribution in [3.63, 3.8) is 0 Å². The molecule has 5 rings (SSSR count). The van der Waals surface area contributed by atoms with Gasteiger partial charge in [0, 0.05) is 34.7 Å². The third-order valence-electron chi connectivity index (χ3n) is 6.72. The Labute approximate surface area is 197 Å². The van der Waals surface area contributed by atoms with Gasteiger partial charge in [-0.1, -0.05) is 42.5 Å². The molecule has 7 heteroatoms. The van der Waals surface area contributed by atoms with Gasteiger partial charge < -0.3 is 9.64 Å². The van der Waals surface area contributed by atoms with E-state index in [1.54, 1.807) is 6.92 Å². The van der Waals surface area contributed by atoms with Crippen molar-refractivity contribution in [1.82, 2.24) is 14.5 Å². The fourth-order valence-electron chi connectivity index (χ4n) is 5.09. The summed E-state index contributed by atoms with van der Waals surface area (Å²) in [5.74, 6) is 0.702. The van der Waals surface area contributed by atoms with E-state index in [1.165, 1.54) is 28.7 Å². The molecule has 0 radical (unpaired) electrons. The van der Waals surface area contributed by atoms with Gasteiger partial charge in [-0.15, -0.1) is 11.8 Å². The first-order valence-corrected chi connectivity index (χ1v) is 12.2. The summed E-state index contributed by atoms with van der Waals surface area (Å²) in [6.45, 7) is 6.22. The molecule has 2 aromatic carbocycles. The number of benzene rings is 2. The van der Waals surface area contributed by atoms with Crippen LogP contribution < -0.4 is 10.3 Å². The van der Waals surface area contributed by atoms with Crippen LogP contribution in [0.1, 0.15) is 58.5 Å². The highest BCUT2D eigenvalue weighted by Gasteiger charge is 2.42. The average molecular weight is 462 g/mol. The summed E-state index contributed by atoms with van der Waals surface area (Å²) in [6.07, 6.45) is 0. The highest BCUT2D eigenvalue weighted by atomic mass is 32.2. The molecule has 0 spiro atoms. The van der Waals surface area contributed by atoms with Crippen molar-refractivity contribution in [3.8, 4) is 6.01 Å². The second-order valence-corrected chi connectivity index (χ2v) is 9.89. The third-order valence-corrected chi connectivity index (χ3v) is 7.86. The number of rotatable bonds is 3. The maximum Gasteiger partial charge on any atom is 0.300 e. The predicted octanol–water partition coefficient (Wildman–Crippen LogP) is 4.40. The molecule has 170 valence electrons. The first-order chi connectivity index (χ1) is 15.9. The molecule has 0 N–H and O–H groups in total. The van der Waals surface area contributed by atoms with Crippen LogP contribution in [0, 0.1) is 6.92 Å². The summed E-state index contributed by atoms with van der Waals surface area (Å²) in [5, 5.41) is 0. The molecule has 0 saturated carbocycles. The first-order valence-electron chi connectivity index (χ1n) is 11.2. The third kappa shape index (κ3) is 3.46. The van der Waals surface area contributed by atoms with E-state index in [1.807, 2.05) is 35.1 Å². The van der Waals surface area contributed by atoms with Gasteiger partial charge in [-0.05, 0) is 43.5 Å². The Balaban J connectivity index is 1.84. The minimum atomic E-state index is -0.423. The van der Waals surface area contributed by atoms with Crippen LogP contribution in [0.4, 0.5) is 0 Å². The summed E-state index contributed by atoms with van der Waals surface area (Å²) in [7, 11) is 1.51. The van der Waals surface area contributed by atoms with Crippen molar-refractivity contribution in [2.75, 3.05) is 13.7 Å². The van der Waals surface area contributed by atoms with Gasteiger partial charge in [0.2, 0.25) is 0 Å². The number of ether oxygens (including phenoxy) is 1. The van der Waals surface area contributed by atoms with E-state index in [0.717, 1.165) is 5.75 Å². The largest absolute Gasteiger partial charge is 0.468 e. The number of hydrogen-bond donors (Lipinski definition) is 0. The molecule has 3 aromatic rings. The lowest BCUT2D eigenvalue weighted by atomic mass is 9.81. The van der Waals surface area contributed by atoms with Crippen molar-refractivity contribution in [2.24, 2.45) is 0 Å². The normalized spacial score (nSPS) is 19.5. The van der Waals surface area contributed by atoms with Crippen LogP contribution in [0.3, 0.4) is 0 Å². The Morgan fingerprint density at radius 2 is 1.76 bits per heavy atom. The van der Waals surface area contributed by atoms with Crippen LogP contribution in [0.2, 0.25) is 0 Å². The van der Waals surface area contributed by atoms with Gasteiger partial charge in [0.05, 0.1) is 13.2 Å². The maximum absolute atomic E-state index is 13.6. The molecular weight excluding hydrogens is 434 g/mol. The van der Waals surface area contributed by atoms with Crippen LogP contribution in [0.15, 0.2) is 58.2 Å². The fraction of sp³-hybridized carbons (Fsp3) is 0.346. The second-order valence-electron chi connectivity index (χ2n) is 8.87. The lowest BCUT2D eigenvalue weighted by Gasteiger charge is -2.42. The molecule has 0 bridgehead atoms. The molecule has 2 aliphatic heterocycles. The van der Waals surface area contributed by atoms with E-state index in [9.17, 15) is 9.59 Å². The number of hydrogen-bond acceptors (Lipinski definition) is 5. The number of nitrogens with zero attached hydrogens (tertiary/aromatic N) is 3. The van der Waals surface area contributed by atoms with Crippen LogP contribution in [0.25, 0.3) is 0 Å². The molecule has 6 nitrogen and oxygen atoms in total. The maximum atomic E-state index is 13.6. The van der Waals surface area contributed by atoms with E-state index in [-0.39, 0.29) is 29.9 Å². The van der Waals surface area contributed by atoms with Crippen molar-refractivity contribution in [1.29, 1.82) is 0 Å². The average Bonchev–Trinajstić information content (AvgIpc) is 2.98. The van der Waals surface area contributed by atoms with Crippen LogP contribution in [-0.4, -0.2) is 40.1 Å². The minimum Gasteiger partial charge on any atom is -0.468 e. The molecule has 0 aliphatic carbocycles. The van der Waals surface area contributed by atoms with Gasteiger partial charge in [-0.3, -0.25) is 14.2 Å². The standard InChI is InChI=1S/C26H27N3O3S/c1-15(2)28-13-20(29-23(25(28)31)16(3)24(30)27-26(29)32-4)22-18-10-6-5-9-17(18)14-33-21-12-8-7-11-19(21)22/h5-12,15,20,22H,13-14H2,1-4H3. The van der Waals surface area contributed by atoms with Gasteiger partial charge in [-0.25, -0.2) is 0 Å². The SMILES string of the molecule is COc1nc(=O)c(C)c2n1C(C1c3ccccc3CSc3ccccc31)CN(C(C)C)C2=O. The minimum absolute atomic E-state index is 0.00643. The van der Waals surface area contributed by atoms with E-state index < -0.39 is 5.56 Å². The molecule has 1 aromatic heterocycles. The van der Waals surface area contributed by atoms with Gasteiger partial charge in [-0.2, -0.15) is 4.98 Å². The smallest absolute Gasteiger partial charge is 0.300 e. The molecule has 1 amide bonds. The Hall–Kier alpha value is -3.06. The Bertz CT molecular complexity index is 1250. The van der Waals surface area contributed by atoms with E-state index in [0.29, 0.717) is 17.8 Å². The molecule has 3 heterocycles. The van der Waals surface area contributed by atoms with E-state index in [2.05, 4.69) is 53.5 Å². The highest BCUT2D eigenvalue weighted by Crippen LogP contribution is 2.48. The lowest BCUT2D eigenvalue weighted by Crippen LogP contribution is -2.50. The summed E-state index contributed by atoms with van der Waals surface area (Å²) >= 11 is 1.84. The summed E-state index contributed by atoms with van der Waals surface area (Å²) in [6, 6.07) is 17.0. The Morgan fingerprint density at radius 1 is 1.06 bits per heavy atom. The molecule has 0 fully saturated rings. The van der Waals surface area contributed by atoms with E-state index >= 15 is 0 Å². The number of aromatic nitrogens is 2.